The van der Waals surface area contributed by atoms with Crippen LogP contribution in [0.15, 0.2) is 46.2 Å². The van der Waals surface area contributed by atoms with Gasteiger partial charge < -0.3 is 19.0 Å². The number of aromatic nitrogens is 3. The average molecular weight is 358 g/mol. The second-order valence-electron chi connectivity index (χ2n) is 5.38. The number of methoxy groups -OCH3 is 1. The number of nitrogens with one attached hydrogen (secondary N) is 1. The molecule has 0 spiro atoms. The number of thioether (sulfide) groups is 1. The highest BCUT2D eigenvalue weighted by Gasteiger charge is 2.15. The molecule has 25 heavy (non-hydrogen) atoms. The molecule has 7 nitrogen and oxygen atoms in total. The van der Waals surface area contributed by atoms with Crippen LogP contribution < -0.4 is 10.1 Å². The molecule has 1 amide bonds. The Labute approximate surface area is 149 Å². The van der Waals surface area contributed by atoms with E-state index in [-0.39, 0.29) is 11.7 Å². The summed E-state index contributed by atoms with van der Waals surface area (Å²) in [5.41, 5.74) is 1.70. The monoisotopic (exact) mass is 358 g/mol. The maximum absolute atomic E-state index is 12.2. The lowest BCUT2D eigenvalue weighted by Gasteiger charge is -2.10. The number of amides is 1. The Morgan fingerprint density at radius 3 is 2.92 bits per heavy atom. The van der Waals surface area contributed by atoms with Crippen LogP contribution in [0.5, 0.6) is 5.75 Å². The zero-order valence-electron chi connectivity index (χ0n) is 14.1. The van der Waals surface area contributed by atoms with E-state index in [2.05, 4.69) is 15.5 Å². The molecular formula is C17H18N4O3S. The van der Waals surface area contributed by atoms with Crippen molar-refractivity contribution in [3.8, 4) is 17.3 Å². The largest absolute Gasteiger partial charge is 0.495 e. The van der Waals surface area contributed by atoms with Crippen LogP contribution in [-0.2, 0) is 11.8 Å². The van der Waals surface area contributed by atoms with Crippen molar-refractivity contribution in [1.29, 1.82) is 0 Å². The fourth-order valence-electron chi connectivity index (χ4n) is 2.30. The Bertz CT molecular complexity index is 874. The minimum absolute atomic E-state index is 0.142. The second-order valence-corrected chi connectivity index (χ2v) is 6.33. The first kappa shape index (κ1) is 17.1. The third kappa shape index (κ3) is 3.85. The molecule has 0 radical (unpaired) electrons. The number of anilines is 1. The number of ether oxygens (including phenoxy) is 1. The highest BCUT2D eigenvalue weighted by molar-refractivity contribution is 7.99. The van der Waals surface area contributed by atoms with E-state index in [0.717, 1.165) is 5.56 Å². The van der Waals surface area contributed by atoms with E-state index in [1.165, 1.54) is 11.8 Å². The Morgan fingerprint density at radius 1 is 1.36 bits per heavy atom. The maximum atomic E-state index is 12.2. The summed E-state index contributed by atoms with van der Waals surface area (Å²) < 4.78 is 12.4. The van der Waals surface area contributed by atoms with Gasteiger partial charge >= 0.3 is 0 Å². The summed E-state index contributed by atoms with van der Waals surface area (Å²) in [5, 5.41) is 11.7. The van der Waals surface area contributed by atoms with Gasteiger partial charge in [0.2, 0.25) is 5.91 Å². The molecule has 8 heteroatoms. The van der Waals surface area contributed by atoms with Gasteiger partial charge in [-0.05, 0) is 36.8 Å². The van der Waals surface area contributed by atoms with Crippen molar-refractivity contribution in [2.24, 2.45) is 7.05 Å². The molecule has 0 unspecified atom stereocenters. The van der Waals surface area contributed by atoms with E-state index in [0.29, 0.717) is 28.2 Å². The van der Waals surface area contributed by atoms with Gasteiger partial charge in [0.1, 0.15) is 5.75 Å². The third-order valence-corrected chi connectivity index (χ3v) is 4.56. The molecular weight excluding hydrogens is 340 g/mol. The van der Waals surface area contributed by atoms with Gasteiger partial charge in [-0.15, -0.1) is 10.2 Å². The Hall–Kier alpha value is -2.74. The molecule has 1 N–H and O–H groups in total. The Balaban J connectivity index is 1.64. The van der Waals surface area contributed by atoms with Crippen LogP contribution in [0.3, 0.4) is 0 Å². The van der Waals surface area contributed by atoms with Crippen molar-refractivity contribution in [3.63, 3.8) is 0 Å². The summed E-state index contributed by atoms with van der Waals surface area (Å²) in [6.45, 7) is 1.96. The van der Waals surface area contributed by atoms with Gasteiger partial charge in [0, 0.05) is 7.05 Å². The fraction of sp³-hybridized carbons (Fsp3) is 0.235. The molecule has 0 atom stereocenters. The zero-order chi connectivity index (χ0) is 17.8. The van der Waals surface area contributed by atoms with Crippen LogP contribution in [0, 0.1) is 6.92 Å². The molecule has 0 bridgehead atoms. The molecule has 130 valence electrons. The lowest BCUT2D eigenvalue weighted by atomic mass is 10.2. The predicted octanol–water partition coefficient (Wildman–Crippen LogP) is 3.12. The predicted molar refractivity (Wildman–Crippen MR) is 95.8 cm³/mol. The highest BCUT2D eigenvalue weighted by Crippen LogP contribution is 2.26. The Morgan fingerprint density at radius 2 is 2.20 bits per heavy atom. The number of hydrogen-bond donors (Lipinski definition) is 1. The van der Waals surface area contributed by atoms with Crippen LogP contribution in [0.2, 0.25) is 0 Å². The molecule has 0 fully saturated rings. The number of furan rings is 1. The van der Waals surface area contributed by atoms with E-state index in [4.69, 9.17) is 9.15 Å². The first-order valence-corrected chi connectivity index (χ1v) is 8.57. The summed E-state index contributed by atoms with van der Waals surface area (Å²) in [7, 11) is 3.41. The van der Waals surface area contributed by atoms with Crippen molar-refractivity contribution in [2.75, 3.05) is 18.2 Å². The molecule has 0 saturated heterocycles. The van der Waals surface area contributed by atoms with E-state index in [9.17, 15) is 4.79 Å². The maximum Gasteiger partial charge on any atom is 0.234 e. The summed E-state index contributed by atoms with van der Waals surface area (Å²) in [4.78, 5) is 12.2. The van der Waals surface area contributed by atoms with E-state index >= 15 is 0 Å². The van der Waals surface area contributed by atoms with E-state index in [1.54, 1.807) is 24.0 Å². The average Bonchev–Trinajstić information content (AvgIpc) is 3.23. The van der Waals surface area contributed by atoms with Crippen molar-refractivity contribution in [2.45, 2.75) is 12.1 Å². The molecule has 3 rings (SSSR count). The summed E-state index contributed by atoms with van der Waals surface area (Å²) in [6.07, 6.45) is 1.58. The number of aryl methyl sites for hydroxylation is 1. The molecule has 2 aromatic heterocycles. The number of carbonyl (C=O) groups excluding carboxylic acids is 1. The molecule has 0 aliphatic heterocycles. The number of rotatable bonds is 6. The van der Waals surface area contributed by atoms with Gasteiger partial charge in [0.15, 0.2) is 16.7 Å². The van der Waals surface area contributed by atoms with Gasteiger partial charge in [-0.2, -0.15) is 0 Å². The minimum atomic E-state index is -0.142. The number of carbonyl (C=O) groups is 1. The molecule has 0 aliphatic rings. The topological polar surface area (TPSA) is 82.2 Å². The SMILES string of the molecule is COc1ccc(C)cc1NC(=O)CSc1nnc(-c2ccco2)n1C. The number of hydrogen-bond acceptors (Lipinski definition) is 6. The number of benzene rings is 1. The quantitative estimate of drug-likeness (QED) is 0.682. The van der Waals surface area contributed by atoms with Crippen LogP contribution in [-0.4, -0.2) is 33.5 Å². The summed E-state index contributed by atoms with van der Waals surface area (Å²) in [5.74, 6) is 1.95. The van der Waals surface area contributed by atoms with Crippen LogP contribution >= 0.6 is 11.8 Å². The lowest BCUT2D eigenvalue weighted by Crippen LogP contribution is -2.15. The minimum Gasteiger partial charge on any atom is -0.495 e. The first-order valence-electron chi connectivity index (χ1n) is 7.59. The third-order valence-electron chi connectivity index (χ3n) is 3.54. The van der Waals surface area contributed by atoms with Crippen molar-refractivity contribution < 1.29 is 13.9 Å². The van der Waals surface area contributed by atoms with Gasteiger partial charge in [-0.25, -0.2) is 0 Å². The van der Waals surface area contributed by atoms with Crippen LogP contribution in [0.1, 0.15) is 5.56 Å². The van der Waals surface area contributed by atoms with Crippen LogP contribution in [0.25, 0.3) is 11.6 Å². The summed E-state index contributed by atoms with van der Waals surface area (Å²) >= 11 is 1.30. The first-order chi connectivity index (χ1) is 12.1. The van der Waals surface area contributed by atoms with Crippen molar-refractivity contribution in [1.82, 2.24) is 14.8 Å². The van der Waals surface area contributed by atoms with Gasteiger partial charge in [0.05, 0.1) is 24.8 Å². The van der Waals surface area contributed by atoms with Gasteiger partial charge in [-0.3, -0.25) is 4.79 Å². The Kier molecular flexibility index (Phi) is 5.08. The fourth-order valence-corrected chi connectivity index (χ4v) is 3.01. The summed E-state index contributed by atoms with van der Waals surface area (Å²) in [6, 6.07) is 9.24. The van der Waals surface area contributed by atoms with Gasteiger partial charge in [0.25, 0.3) is 0 Å². The molecule has 0 aliphatic carbocycles. The molecule has 0 saturated carbocycles. The standard InChI is InChI=1S/C17H18N4O3S/c1-11-6-7-13(23-3)12(9-11)18-15(22)10-25-17-20-19-16(21(17)2)14-5-4-8-24-14/h4-9H,10H2,1-3H3,(H,18,22). The molecule has 2 heterocycles. The smallest absolute Gasteiger partial charge is 0.234 e. The van der Waals surface area contributed by atoms with Crippen LogP contribution in [0.4, 0.5) is 5.69 Å². The number of nitrogens with zero attached hydrogens (tertiary/aromatic N) is 3. The highest BCUT2D eigenvalue weighted by atomic mass is 32.2. The van der Waals surface area contributed by atoms with Crippen molar-refractivity contribution >= 4 is 23.4 Å². The normalized spacial score (nSPS) is 10.7. The second kappa shape index (κ2) is 7.43. The lowest BCUT2D eigenvalue weighted by molar-refractivity contribution is -0.113. The molecule has 1 aromatic carbocycles. The van der Waals surface area contributed by atoms with Crippen molar-refractivity contribution in [3.05, 3.63) is 42.2 Å². The van der Waals surface area contributed by atoms with E-state index < -0.39 is 0 Å². The van der Waals surface area contributed by atoms with E-state index in [1.807, 2.05) is 38.2 Å². The van der Waals surface area contributed by atoms with Gasteiger partial charge in [-0.1, -0.05) is 17.8 Å². The zero-order valence-corrected chi connectivity index (χ0v) is 15.0. The molecule has 3 aromatic rings.